The van der Waals surface area contributed by atoms with E-state index in [0.29, 0.717) is 19.6 Å². The van der Waals surface area contributed by atoms with E-state index in [1.54, 1.807) is 72.1 Å². The second-order valence-electron chi connectivity index (χ2n) is 17.0. The molecule has 0 aliphatic carbocycles. The van der Waals surface area contributed by atoms with Crippen LogP contribution in [0.4, 0.5) is 19.2 Å². The zero-order valence-electron chi connectivity index (χ0n) is 35.4. The lowest BCUT2D eigenvalue weighted by molar-refractivity contribution is -0.143. The lowest BCUT2D eigenvalue weighted by Crippen LogP contribution is -2.51. The molecule has 4 amide bonds. The molecule has 0 aromatic heterocycles. The summed E-state index contributed by atoms with van der Waals surface area (Å²) in [7, 11) is 1.26. The van der Waals surface area contributed by atoms with Crippen molar-refractivity contribution < 1.29 is 47.7 Å². The van der Waals surface area contributed by atoms with E-state index in [-0.39, 0.29) is 52.3 Å². The second kappa shape index (κ2) is 20.9. The van der Waals surface area contributed by atoms with Gasteiger partial charge in [-0.05, 0) is 79.0 Å². The number of amides is 4. The van der Waals surface area contributed by atoms with Gasteiger partial charge >= 0.3 is 30.3 Å². The van der Waals surface area contributed by atoms with E-state index in [2.05, 4.69) is 10.2 Å². The molecule has 1 atom stereocenters. The molecule has 15 nitrogen and oxygen atoms in total. The summed E-state index contributed by atoms with van der Waals surface area (Å²) in [6.07, 6.45) is -2.11. The van der Waals surface area contributed by atoms with Gasteiger partial charge in [0, 0.05) is 65.3 Å². The molecular formula is C42H63N5O10. The highest BCUT2D eigenvalue weighted by Crippen LogP contribution is 2.17. The summed E-state index contributed by atoms with van der Waals surface area (Å²) in [5, 5.41) is 2.62. The molecular weight excluding hydrogens is 734 g/mol. The average molecular weight is 798 g/mol. The Labute approximate surface area is 337 Å². The van der Waals surface area contributed by atoms with E-state index in [1.165, 1.54) is 12.0 Å². The highest BCUT2D eigenvalue weighted by molar-refractivity contribution is 5.81. The van der Waals surface area contributed by atoms with Crippen molar-refractivity contribution >= 4 is 30.3 Å². The molecule has 0 unspecified atom stereocenters. The van der Waals surface area contributed by atoms with E-state index in [1.807, 2.05) is 54.6 Å². The molecule has 316 valence electrons. The maximum Gasteiger partial charge on any atom is 0.410 e. The number of methoxy groups -OCH3 is 1. The predicted molar refractivity (Wildman–Crippen MR) is 214 cm³/mol. The van der Waals surface area contributed by atoms with Crippen molar-refractivity contribution in [2.45, 2.75) is 105 Å². The number of esters is 1. The first kappa shape index (κ1) is 46.3. The van der Waals surface area contributed by atoms with E-state index in [9.17, 15) is 24.0 Å². The number of nitrogens with zero attached hydrogens (tertiary/aromatic N) is 4. The van der Waals surface area contributed by atoms with Gasteiger partial charge in [-0.25, -0.2) is 24.0 Å². The molecule has 15 heteroatoms. The number of alkyl carbamates (subject to hydrolysis) is 1. The molecule has 0 spiro atoms. The van der Waals surface area contributed by atoms with Gasteiger partial charge in [0.15, 0.2) is 0 Å². The molecule has 1 saturated heterocycles. The Morgan fingerprint density at radius 2 is 0.982 bits per heavy atom. The average Bonchev–Trinajstić information content (AvgIpc) is 3.10. The topological polar surface area (TPSA) is 156 Å². The Morgan fingerprint density at radius 1 is 0.579 bits per heavy atom. The third kappa shape index (κ3) is 17.7. The minimum Gasteiger partial charge on any atom is -0.467 e. The van der Waals surface area contributed by atoms with Crippen molar-refractivity contribution in [3.05, 3.63) is 71.3 Å². The van der Waals surface area contributed by atoms with Gasteiger partial charge < -0.3 is 43.7 Å². The maximum absolute atomic E-state index is 13.5. The van der Waals surface area contributed by atoms with Gasteiger partial charge in [-0.3, -0.25) is 4.90 Å². The van der Waals surface area contributed by atoms with Gasteiger partial charge in [-0.2, -0.15) is 0 Å². The van der Waals surface area contributed by atoms with Crippen molar-refractivity contribution in [2.75, 3.05) is 59.5 Å². The molecule has 1 heterocycles. The molecule has 1 N–H and O–H groups in total. The van der Waals surface area contributed by atoms with Gasteiger partial charge in [0.25, 0.3) is 0 Å². The Balaban J connectivity index is 1.81. The quantitative estimate of drug-likeness (QED) is 0.239. The van der Waals surface area contributed by atoms with Gasteiger partial charge in [-0.15, -0.1) is 0 Å². The zero-order chi connectivity index (χ0) is 42.4. The third-order valence-corrected chi connectivity index (χ3v) is 8.47. The molecule has 2 aromatic carbocycles. The SMILES string of the molecule is COC(=O)[C@H](Cc1ccc(CN2CCN(C(=O)OC(C)(C)C)CCN(C(=O)OC(C)(C)C)CCN(C(=O)OC(C)(C)C)CC2)cc1)NC(=O)OCc1ccccc1. The van der Waals surface area contributed by atoms with Crippen LogP contribution in [0.15, 0.2) is 54.6 Å². The van der Waals surface area contributed by atoms with Gasteiger partial charge in [0.05, 0.1) is 7.11 Å². The van der Waals surface area contributed by atoms with E-state index in [4.69, 9.17) is 23.7 Å². The zero-order valence-corrected chi connectivity index (χ0v) is 35.4. The fourth-order valence-corrected chi connectivity index (χ4v) is 5.66. The van der Waals surface area contributed by atoms with Crippen LogP contribution < -0.4 is 5.32 Å². The number of nitrogens with one attached hydrogen (secondary N) is 1. The fourth-order valence-electron chi connectivity index (χ4n) is 5.66. The highest BCUT2D eigenvalue weighted by Gasteiger charge is 2.30. The van der Waals surface area contributed by atoms with Crippen LogP contribution in [0.2, 0.25) is 0 Å². The number of hydrogen-bond acceptors (Lipinski definition) is 11. The molecule has 1 fully saturated rings. The molecule has 0 saturated carbocycles. The lowest BCUT2D eigenvalue weighted by Gasteiger charge is -2.35. The molecule has 3 rings (SSSR count). The first-order chi connectivity index (χ1) is 26.6. The summed E-state index contributed by atoms with van der Waals surface area (Å²) >= 11 is 0. The lowest BCUT2D eigenvalue weighted by atomic mass is 10.0. The molecule has 57 heavy (non-hydrogen) atoms. The van der Waals surface area contributed by atoms with Crippen LogP contribution >= 0.6 is 0 Å². The molecule has 1 aliphatic heterocycles. The summed E-state index contributed by atoms with van der Waals surface area (Å²) in [6, 6.07) is 15.9. The van der Waals surface area contributed by atoms with Gasteiger partial charge in [0.1, 0.15) is 29.5 Å². The van der Waals surface area contributed by atoms with Crippen molar-refractivity contribution in [1.82, 2.24) is 24.9 Å². The van der Waals surface area contributed by atoms with Crippen molar-refractivity contribution in [1.29, 1.82) is 0 Å². The fraction of sp³-hybridized carbons (Fsp3) is 0.595. The standard InChI is InChI=1S/C42H63N5O10/c1-40(2,3)55-37(50)45-22-20-44(21-23-46(38(51)56-41(4,5)6)25-27-47(26-24-45)39(52)57-42(7,8)9)29-32-18-16-31(17-19-32)28-34(35(48)53-10)43-36(49)54-30-33-14-12-11-13-15-33/h11-19,34H,20-30H2,1-10H3,(H,43,49)/t34-/m0/s1. The Morgan fingerprint density at radius 3 is 1.39 bits per heavy atom. The highest BCUT2D eigenvalue weighted by atomic mass is 16.6. The minimum atomic E-state index is -0.969. The van der Waals surface area contributed by atoms with Gasteiger partial charge in [0.2, 0.25) is 0 Å². The van der Waals surface area contributed by atoms with Crippen LogP contribution in [-0.2, 0) is 48.1 Å². The largest absolute Gasteiger partial charge is 0.467 e. The summed E-state index contributed by atoms with van der Waals surface area (Å²) in [5.74, 6) is -0.603. The molecule has 2 aromatic rings. The number of carbonyl (C=O) groups excluding carboxylic acids is 5. The Hall–Kier alpha value is -5.05. The van der Waals surface area contributed by atoms with Crippen molar-refractivity contribution in [3.8, 4) is 0 Å². The van der Waals surface area contributed by atoms with Crippen LogP contribution in [-0.4, -0.2) is 132 Å². The summed E-state index contributed by atoms with van der Waals surface area (Å²) in [6.45, 7) is 18.8. The summed E-state index contributed by atoms with van der Waals surface area (Å²) in [4.78, 5) is 72.3. The Kier molecular flexibility index (Phi) is 17.0. The normalized spacial score (nSPS) is 15.6. The minimum absolute atomic E-state index is 0.0569. The van der Waals surface area contributed by atoms with Crippen LogP contribution in [0.1, 0.15) is 79.0 Å². The second-order valence-corrected chi connectivity index (χ2v) is 17.0. The molecule has 1 aliphatic rings. The van der Waals surface area contributed by atoms with E-state index >= 15 is 0 Å². The Bertz CT molecular complexity index is 1570. The maximum atomic E-state index is 13.5. The number of rotatable bonds is 8. The number of carbonyl (C=O) groups is 5. The van der Waals surface area contributed by atoms with Crippen LogP contribution in [0.25, 0.3) is 0 Å². The molecule has 0 bridgehead atoms. The van der Waals surface area contributed by atoms with Crippen molar-refractivity contribution in [2.24, 2.45) is 0 Å². The van der Waals surface area contributed by atoms with Crippen molar-refractivity contribution in [3.63, 3.8) is 0 Å². The smallest absolute Gasteiger partial charge is 0.410 e. The third-order valence-electron chi connectivity index (χ3n) is 8.47. The monoisotopic (exact) mass is 797 g/mol. The first-order valence-corrected chi connectivity index (χ1v) is 19.4. The number of ether oxygens (including phenoxy) is 5. The van der Waals surface area contributed by atoms with Crippen LogP contribution in [0.3, 0.4) is 0 Å². The van der Waals surface area contributed by atoms with Crippen LogP contribution in [0.5, 0.6) is 0 Å². The summed E-state index contributed by atoms with van der Waals surface area (Å²) in [5.41, 5.74) is 0.339. The number of benzene rings is 2. The first-order valence-electron chi connectivity index (χ1n) is 19.4. The van der Waals surface area contributed by atoms with E-state index < -0.39 is 53.2 Å². The number of hydrogen-bond donors (Lipinski definition) is 1. The summed E-state index contributed by atoms with van der Waals surface area (Å²) < 4.78 is 27.5. The predicted octanol–water partition coefficient (Wildman–Crippen LogP) is 6.22. The molecule has 0 radical (unpaired) electrons. The van der Waals surface area contributed by atoms with Crippen LogP contribution in [0, 0.1) is 0 Å². The van der Waals surface area contributed by atoms with E-state index in [0.717, 1.165) is 16.7 Å². The van der Waals surface area contributed by atoms with Gasteiger partial charge in [-0.1, -0.05) is 54.6 Å².